The van der Waals surface area contributed by atoms with Crippen molar-refractivity contribution < 1.29 is 41.7 Å². The Balaban J connectivity index is 1.29. The lowest BCUT2D eigenvalue weighted by Crippen LogP contribution is -2.36. The van der Waals surface area contributed by atoms with Crippen molar-refractivity contribution in [3.63, 3.8) is 0 Å². The summed E-state index contributed by atoms with van der Waals surface area (Å²) >= 11 is 0. The van der Waals surface area contributed by atoms with Gasteiger partial charge in [0.15, 0.2) is 5.75 Å². The lowest BCUT2D eigenvalue weighted by molar-refractivity contribution is 0.0205. The summed E-state index contributed by atoms with van der Waals surface area (Å²) in [5.74, 6) is 3.87. The number of carbonyl (C=O) groups excluding carboxylic acids is 2. The Kier molecular flexibility index (Phi) is 15.5. The summed E-state index contributed by atoms with van der Waals surface area (Å²) in [5, 5.41) is 13.3. The van der Waals surface area contributed by atoms with Gasteiger partial charge in [0, 0.05) is 53.0 Å². The number of sulfonamides is 1. The summed E-state index contributed by atoms with van der Waals surface area (Å²) in [6, 6.07) is 22.0. The van der Waals surface area contributed by atoms with Crippen LogP contribution in [0.1, 0.15) is 49.2 Å². The van der Waals surface area contributed by atoms with Gasteiger partial charge in [0.1, 0.15) is 17.3 Å². The van der Waals surface area contributed by atoms with E-state index in [-0.39, 0.29) is 34.5 Å². The van der Waals surface area contributed by atoms with E-state index in [2.05, 4.69) is 36.9 Å². The SMILES string of the molecule is C#Cc1cc(Nc2cc(Oc3ccc(NC(=O)Nc4cc(C(C)(C)C)cc(NS(C)(=O)=O)c4OC)c4ccccc34)ccn2)cc(C(=O)NC(C)COCCOCCOC)c1. The van der Waals surface area contributed by atoms with Crippen LogP contribution in [-0.2, 0) is 29.6 Å². The molecule has 0 saturated heterocycles. The van der Waals surface area contributed by atoms with Crippen molar-refractivity contribution in [2.45, 2.75) is 39.2 Å². The van der Waals surface area contributed by atoms with Gasteiger partial charge in [0.05, 0.1) is 63.5 Å². The van der Waals surface area contributed by atoms with E-state index in [0.717, 1.165) is 11.8 Å². The van der Waals surface area contributed by atoms with E-state index >= 15 is 0 Å². The monoisotopic (exact) mass is 852 g/mol. The van der Waals surface area contributed by atoms with Crippen LogP contribution in [0.25, 0.3) is 10.8 Å². The molecule has 0 aliphatic heterocycles. The molecule has 1 heterocycles. The maximum absolute atomic E-state index is 13.5. The number of nitrogens with one attached hydrogen (secondary N) is 5. The van der Waals surface area contributed by atoms with Gasteiger partial charge in [-0.2, -0.15) is 0 Å². The molecule has 1 unspecified atom stereocenters. The number of pyridine rings is 1. The summed E-state index contributed by atoms with van der Waals surface area (Å²) in [7, 11) is -0.646. The Hall–Kier alpha value is -6.38. The first-order valence-electron chi connectivity index (χ1n) is 19.3. The van der Waals surface area contributed by atoms with Crippen LogP contribution in [0.15, 0.2) is 85.1 Å². The highest BCUT2D eigenvalue weighted by molar-refractivity contribution is 7.92. The van der Waals surface area contributed by atoms with Gasteiger partial charge in [0.25, 0.3) is 5.91 Å². The predicted molar refractivity (Wildman–Crippen MR) is 239 cm³/mol. The quantitative estimate of drug-likeness (QED) is 0.0402. The minimum absolute atomic E-state index is 0.159. The third-order valence-corrected chi connectivity index (χ3v) is 9.57. The smallest absolute Gasteiger partial charge is 0.323 e. The largest absolute Gasteiger partial charge is 0.492 e. The van der Waals surface area contributed by atoms with Crippen molar-refractivity contribution in [3.8, 4) is 29.6 Å². The first-order valence-corrected chi connectivity index (χ1v) is 21.2. The number of terminal acetylenes is 1. The van der Waals surface area contributed by atoms with Crippen LogP contribution in [0, 0.1) is 12.3 Å². The summed E-state index contributed by atoms with van der Waals surface area (Å²) in [6.45, 7) is 9.89. The Morgan fingerprint density at radius 3 is 2.26 bits per heavy atom. The lowest BCUT2D eigenvalue weighted by atomic mass is 9.86. The molecular weight excluding hydrogens is 801 g/mol. The highest BCUT2D eigenvalue weighted by atomic mass is 32.2. The van der Waals surface area contributed by atoms with Crippen molar-refractivity contribution in [1.29, 1.82) is 0 Å². The molecule has 61 heavy (non-hydrogen) atoms. The van der Waals surface area contributed by atoms with E-state index in [9.17, 15) is 18.0 Å². The molecule has 1 atom stereocenters. The molecule has 1 aromatic heterocycles. The van der Waals surface area contributed by atoms with Gasteiger partial charge in [-0.1, -0.05) is 51.0 Å². The van der Waals surface area contributed by atoms with Crippen LogP contribution in [0.4, 0.5) is 33.4 Å². The van der Waals surface area contributed by atoms with Crippen molar-refractivity contribution in [1.82, 2.24) is 10.3 Å². The maximum Gasteiger partial charge on any atom is 0.323 e. The zero-order chi connectivity index (χ0) is 44.2. The standard InChI is InChI=1S/C45H52N6O9S/c1-9-30-22-31(43(52)47-29(2)28-59-21-20-58-19-18-56-6)24-33(23-30)48-41-27-34(16-17-46-41)60-40-15-14-37(35-12-10-11-13-36(35)40)49-44(53)50-38-25-32(45(3,4)5)26-39(42(38)57-7)51-61(8,54)55/h1,10-17,22-27,29,51H,18-21,28H2,2-8H3,(H,46,48)(H,47,52)(H2,49,50,53). The summed E-state index contributed by atoms with van der Waals surface area (Å²) in [6.07, 6.45) is 8.38. The summed E-state index contributed by atoms with van der Waals surface area (Å²) in [5.41, 5.74) is 2.78. The van der Waals surface area contributed by atoms with Crippen LogP contribution in [0.2, 0.25) is 0 Å². The Labute approximate surface area is 356 Å². The number of amides is 3. The van der Waals surface area contributed by atoms with Crippen molar-refractivity contribution >= 4 is 61.3 Å². The van der Waals surface area contributed by atoms with Gasteiger partial charge in [-0.15, -0.1) is 6.42 Å². The number of anilines is 5. The molecule has 0 aliphatic rings. The number of fused-ring (bicyclic) bond motifs is 1. The van der Waals surface area contributed by atoms with Gasteiger partial charge in [-0.05, 0) is 66.4 Å². The number of ether oxygens (including phenoxy) is 5. The molecule has 4 aromatic carbocycles. The number of nitrogens with zero attached hydrogens (tertiary/aromatic N) is 1. The molecule has 0 bridgehead atoms. The van der Waals surface area contributed by atoms with Crippen LogP contribution < -0.4 is 35.5 Å². The molecule has 322 valence electrons. The van der Waals surface area contributed by atoms with E-state index in [0.29, 0.717) is 83.6 Å². The first kappa shape index (κ1) is 45.7. The van der Waals surface area contributed by atoms with Crippen LogP contribution >= 0.6 is 0 Å². The number of methoxy groups -OCH3 is 2. The molecule has 0 aliphatic carbocycles. The molecule has 16 heteroatoms. The third kappa shape index (κ3) is 13.3. The second-order valence-corrected chi connectivity index (χ2v) is 16.8. The predicted octanol–water partition coefficient (Wildman–Crippen LogP) is 7.87. The Morgan fingerprint density at radius 2 is 1.56 bits per heavy atom. The Morgan fingerprint density at radius 1 is 0.852 bits per heavy atom. The second-order valence-electron chi connectivity index (χ2n) is 15.1. The highest BCUT2D eigenvalue weighted by Crippen LogP contribution is 2.40. The summed E-state index contributed by atoms with van der Waals surface area (Å²) < 4.78 is 54.8. The molecule has 0 fully saturated rings. The molecule has 5 rings (SSSR count). The average molecular weight is 853 g/mol. The normalized spacial score (nSPS) is 11.9. The summed E-state index contributed by atoms with van der Waals surface area (Å²) in [4.78, 5) is 31.2. The number of hydrogen-bond acceptors (Lipinski definition) is 11. The number of urea groups is 1. The number of hydrogen-bond donors (Lipinski definition) is 5. The highest BCUT2D eigenvalue weighted by Gasteiger charge is 2.23. The van der Waals surface area contributed by atoms with E-state index < -0.39 is 16.1 Å². The third-order valence-electron chi connectivity index (χ3n) is 8.98. The van der Waals surface area contributed by atoms with E-state index in [1.54, 1.807) is 67.9 Å². The molecule has 0 spiro atoms. The van der Waals surface area contributed by atoms with Gasteiger partial charge in [-0.25, -0.2) is 18.2 Å². The molecular formula is C45H52N6O9S. The van der Waals surface area contributed by atoms with E-state index in [1.807, 2.05) is 52.0 Å². The van der Waals surface area contributed by atoms with Gasteiger partial charge in [0.2, 0.25) is 10.0 Å². The van der Waals surface area contributed by atoms with Gasteiger partial charge in [-0.3, -0.25) is 9.52 Å². The molecule has 5 N–H and O–H groups in total. The van der Waals surface area contributed by atoms with Crippen molar-refractivity contribution in [2.24, 2.45) is 0 Å². The number of carbonyl (C=O) groups is 2. The zero-order valence-corrected chi connectivity index (χ0v) is 36.1. The number of rotatable bonds is 19. The average Bonchev–Trinajstić information content (AvgIpc) is 3.20. The van der Waals surface area contributed by atoms with Crippen molar-refractivity contribution in [2.75, 3.05) is 74.2 Å². The van der Waals surface area contributed by atoms with Crippen LogP contribution in [0.5, 0.6) is 17.2 Å². The van der Waals surface area contributed by atoms with E-state index in [4.69, 9.17) is 30.1 Å². The zero-order valence-electron chi connectivity index (χ0n) is 35.3. The molecule has 0 radical (unpaired) electrons. The minimum atomic E-state index is -3.65. The Bertz CT molecular complexity index is 2500. The molecule has 3 amide bonds. The fourth-order valence-electron chi connectivity index (χ4n) is 6.10. The minimum Gasteiger partial charge on any atom is -0.492 e. The first-order chi connectivity index (χ1) is 29.1. The van der Waals surface area contributed by atoms with E-state index in [1.165, 1.54) is 7.11 Å². The fraction of sp³-hybridized carbons (Fsp3) is 0.311. The topological polar surface area (TPSA) is 187 Å². The second kappa shape index (κ2) is 20.7. The fourth-order valence-corrected chi connectivity index (χ4v) is 6.65. The van der Waals surface area contributed by atoms with Gasteiger partial charge >= 0.3 is 6.03 Å². The molecule has 0 saturated carbocycles. The molecule has 15 nitrogen and oxygen atoms in total. The maximum atomic E-state index is 13.5. The van der Waals surface area contributed by atoms with Gasteiger partial charge < -0.3 is 45.0 Å². The van der Waals surface area contributed by atoms with Crippen LogP contribution in [-0.4, -0.2) is 84.9 Å². The molecule has 5 aromatic rings. The van der Waals surface area contributed by atoms with Crippen LogP contribution in [0.3, 0.4) is 0 Å². The van der Waals surface area contributed by atoms with Crippen molar-refractivity contribution in [3.05, 3.63) is 102 Å². The lowest BCUT2D eigenvalue weighted by Gasteiger charge is -2.24. The number of aromatic nitrogens is 1. The number of benzene rings is 4.